The minimum absolute atomic E-state index is 0. The van der Waals surface area contributed by atoms with E-state index in [1.807, 2.05) is 30.2 Å². The van der Waals surface area contributed by atoms with Crippen molar-refractivity contribution in [1.82, 2.24) is 20.4 Å². The van der Waals surface area contributed by atoms with E-state index in [2.05, 4.69) is 20.7 Å². The van der Waals surface area contributed by atoms with Crippen LogP contribution in [0.15, 0.2) is 23.5 Å². The zero-order valence-corrected chi connectivity index (χ0v) is 16.7. The van der Waals surface area contributed by atoms with Gasteiger partial charge >= 0.3 is 0 Å². The first-order chi connectivity index (χ1) is 10.9. The summed E-state index contributed by atoms with van der Waals surface area (Å²) in [4.78, 5) is 4.27. The second-order valence-corrected chi connectivity index (χ2v) is 6.19. The molecular weight excluding hydrogens is 401 g/mol. The van der Waals surface area contributed by atoms with Gasteiger partial charge in [-0.2, -0.15) is 5.10 Å². The van der Waals surface area contributed by atoms with Crippen LogP contribution in [0.4, 0.5) is 0 Å². The predicted molar refractivity (Wildman–Crippen MR) is 107 cm³/mol. The molecule has 0 unspecified atom stereocenters. The maximum Gasteiger partial charge on any atom is 0.190 e. The van der Waals surface area contributed by atoms with Gasteiger partial charge in [-0.3, -0.25) is 9.67 Å². The summed E-state index contributed by atoms with van der Waals surface area (Å²) >= 11 is 0. The lowest BCUT2D eigenvalue weighted by Crippen LogP contribution is -2.38. The van der Waals surface area contributed by atoms with Crippen molar-refractivity contribution in [2.45, 2.75) is 57.9 Å². The summed E-state index contributed by atoms with van der Waals surface area (Å²) in [6.45, 7) is 2.88. The van der Waals surface area contributed by atoms with Crippen LogP contribution in [0.1, 0.15) is 51.4 Å². The smallest absolute Gasteiger partial charge is 0.190 e. The first-order valence-electron chi connectivity index (χ1n) is 8.80. The molecule has 5 nitrogen and oxygen atoms in total. The molecule has 0 aromatic carbocycles. The lowest BCUT2D eigenvalue weighted by Gasteiger charge is -2.12. The average molecular weight is 433 g/mol. The highest BCUT2D eigenvalue weighted by Crippen LogP contribution is 2.28. The van der Waals surface area contributed by atoms with Crippen LogP contribution in [-0.4, -0.2) is 35.9 Å². The number of nitrogens with zero attached hydrogens (tertiary/aromatic N) is 3. The van der Waals surface area contributed by atoms with E-state index < -0.39 is 0 Å². The van der Waals surface area contributed by atoms with Gasteiger partial charge in [-0.25, -0.2) is 0 Å². The highest BCUT2D eigenvalue weighted by atomic mass is 127. The molecule has 1 aromatic heterocycles. The van der Waals surface area contributed by atoms with Crippen molar-refractivity contribution < 1.29 is 0 Å². The molecule has 132 valence electrons. The Kier molecular flexibility index (Phi) is 11.1. The van der Waals surface area contributed by atoms with Crippen molar-refractivity contribution in [2.75, 3.05) is 20.1 Å². The minimum Gasteiger partial charge on any atom is -0.356 e. The third-order valence-corrected chi connectivity index (χ3v) is 4.45. The van der Waals surface area contributed by atoms with Gasteiger partial charge in [0.15, 0.2) is 5.96 Å². The predicted octanol–water partition coefficient (Wildman–Crippen LogP) is 3.42. The van der Waals surface area contributed by atoms with Crippen molar-refractivity contribution in [3.63, 3.8) is 0 Å². The molecule has 1 aliphatic rings. The van der Waals surface area contributed by atoms with Gasteiger partial charge in [0.25, 0.3) is 0 Å². The minimum atomic E-state index is 0. The largest absolute Gasteiger partial charge is 0.356 e. The van der Waals surface area contributed by atoms with Crippen molar-refractivity contribution in [3.05, 3.63) is 18.5 Å². The highest BCUT2D eigenvalue weighted by molar-refractivity contribution is 14.0. The Morgan fingerprint density at radius 1 is 1.17 bits per heavy atom. The molecule has 6 heteroatoms. The summed E-state index contributed by atoms with van der Waals surface area (Å²) in [5.41, 5.74) is 0. The molecule has 1 saturated carbocycles. The van der Waals surface area contributed by atoms with Crippen molar-refractivity contribution in [1.29, 1.82) is 0 Å². The van der Waals surface area contributed by atoms with Gasteiger partial charge in [0.05, 0.1) is 0 Å². The van der Waals surface area contributed by atoms with E-state index >= 15 is 0 Å². The van der Waals surface area contributed by atoms with Gasteiger partial charge in [-0.15, -0.1) is 24.0 Å². The molecule has 2 rings (SSSR count). The highest BCUT2D eigenvalue weighted by Gasteiger charge is 2.13. The van der Waals surface area contributed by atoms with Crippen LogP contribution in [0.25, 0.3) is 0 Å². The van der Waals surface area contributed by atoms with Gasteiger partial charge in [0.2, 0.25) is 0 Å². The quantitative estimate of drug-likeness (QED) is 0.272. The first-order valence-corrected chi connectivity index (χ1v) is 8.80. The van der Waals surface area contributed by atoms with E-state index in [-0.39, 0.29) is 24.0 Å². The lowest BCUT2D eigenvalue weighted by molar-refractivity contribution is 0.472. The number of aromatic nitrogens is 2. The number of halogens is 1. The summed E-state index contributed by atoms with van der Waals surface area (Å²) < 4.78 is 1.96. The molecule has 0 aliphatic heterocycles. The number of nitrogens with one attached hydrogen (secondary N) is 2. The Balaban J connectivity index is 0.00000264. The second kappa shape index (κ2) is 12.6. The fourth-order valence-electron chi connectivity index (χ4n) is 3.17. The van der Waals surface area contributed by atoms with Crippen LogP contribution >= 0.6 is 24.0 Å². The molecule has 0 amide bonds. The molecule has 0 spiro atoms. The first kappa shape index (κ1) is 20.3. The molecule has 1 aromatic rings. The maximum absolute atomic E-state index is 4.27. The molecular formula is C17H32IN5. The van der Waals surface area contributed by atoms with Crippen LogP contribution in [-0.2, 0) is 6.54 Å². The van der Waals surface area contributed by atoms with Gasteiger partial charge in [-0.05, 0) is 24.8 Å². The number of hydrogen-bond acceptors (Lipinski definition) is 2. The van der Waals surface area contributed by atoms with Crippen LogP contribution in [0, 0.1) is 5.92 Å². The number of unbranched alkanes of at least 4 members (excludes halogenated alkanes) is 1. The molecule has 2 N–H and O–H groups in total. The van der Waals surface area contributed by atoms with Crippen LogP contribution in [0.3, 0.4) is 0 Å². The van der Waals surface area contributed by atoms with E-state index in [9.17, 15) is 0 Å². The summed E-state index contributed by atoms with van der Waals surface area (Å²) in [6, 6.07) is 1.96. The zero-order chi connectivity index (χ0) is 15.5. The number of aliphatic imine (C=N–C) groups is 1. The molecule has 1 heterocycles. The zero-order valence-electron chi connectivity index (χ0n) is 14.3. The number of hydrogen-bond donors (Lipinski definition) is 2. The molecule has 0 saturated heterocycles. The molecule has 1 aliphatic carbocycles. The topological polar surface area (TPSA) is 54.2 Å². The normalized spacial score (nSPS) is 15.4. The van der Waals surface area contributed by atoms with Crippen LogP contribution in [0.2, 0.25) is 0 Å². The van der Waals surface area contributed by atoms with Crippen LogP contribution < -0.4 is 10.6 Å². The van der Waals surface area contributed by atoms with Gasteiger partial charge in [-0.1, -0.05) is 38.5 Å². The van der Waals surface area contributed by atoms with Crippen molar-refractivity contribution in [2.24, 2.45) is 10.9 Å². The maximum atomic E-state index is 4.27. The summed E-state index contributed by atoms with van der Waals surface area (Å²) in [7, 11) is 1.83. The number of rotatable bonds is 9. The average Bonchev–Trinajstić information content (AvgIpc) is 3.22. The Labute approximate surface area is 157 Å². The molecule has 0 bridgehead atoms. The second-order valence-electron chi connectivity index (χ2n) is 6.19. The van der Waals surface area contributed by atoms with E-state index in [1.54, 1.807) is 0 Å². The van der Waals surface area contributed by atoms with Gasteiger partial charge in [0, 0.05) is 39.1 Å². The van der Waals surface area contributed by atoms with E-state index in [0.717, 1.165) is 37.9 Å². The molecule has 0 atom stereocenters. The molecule has 0 radical (unpaired) electrons. The Morgan fingerprint density at radius 2 is 1.91 bits per heavy atom. The number of guanidine groups is 1. The molecule has 23 heavy (non-hydrogen) atoms. The number of aryl methyl sites for hydroxylation is 1. The summed E-state index contributed by atoms with van der Waals surface area (Å²) in [5.74, 6) is 1.93. The van der Waals surface area contributed by atoms with E-state index in [0.29, 0.717) is 0 Å². The summed E-state index contributed by atoms with van der Waals surface area (Å²) in [5, 5.41) is 11.0. The fourth-order valence-corrected chi connectivity index (χ4v) is 3.17. The monoisotopic (exact) mass is 433 g/mol. The standard InChI is InChI=1S/C17H31N5.HI/c1-18-17(20-12-6-14-22-15-7-13-21-22)19-11-5-4-10-16-8-2-3-9-16;/h7,13,15-16H,2-6,8-12,14H2,1H3,(H2,18,19,20);1H. The Morgan fingerprint density at radius 3 is 2.57 bits per heavy atom. The summed E-state index contributed by atoms with van der Waals surface area (Å²) in [6.07, 6.45) is 14.7. The third-order valence-electron chi connectivity index (χ3n) is 4.45. The van der Waals surface area contributed by atoms with E-state index in [4.69, 9.17) is 0 Å². The SMILES string of the molecule is CN=C(NCCCCC1CCCC1)NCCCn1cccn1.I. The lowest BCUT2D eigenvalue weighted by atomic mass is 10.0. The van der Waals surface area contributed by atoms with Crippen LogP contribution in [0.5, 0.6) is 0 Å². The van der Waals surface area contributed by atoms with Gasteiger partial charge < -0.3 is 10.6 Å². The fraction of sp³-hybridized carbons (Fsp3) is 0.765. The van der Waals surface area contributed by atoms with Crippen molar-refractivity contribution >= 4 is 29.9 Å². The van der Waals surface area contributed by atoms with Gasteiger partial charge in [0.1, 0.15) is 0 Å². The van der Waals surface area contributed by atoms with Crippen molar-refractivity contribution in [3.8, 4) is 0 Å². The Bertz CT molecular complexity index is 413. The Hall–Kier alpha value is -0.790. The van der Waals surface area contributed by atoms with E-state index in [1.165, 1.54) is 44.9 Å². The third kappa shape index (κ3) is 8.58. The molecule has 1 fully saturated rings.